The summed E-state index contributed by atoms with van der Waals surface area (Å²) in [5.41, 5.74) is 2.38. The van der Waals surface area contributed by atoms with E-state index in [0.717, 1.165) is 30.6 Å². The Kier molecular flexibility index (Phi) is 5.65. The number of fused-ring (bicyclic) bond motifs is 1. The van der Waals surface area contributed by atoms with Crippen molar-refractivity contribution in [3.8, 4) is 5.75 Å². The molecule has 30 heavy (non-hydrogen) atoms. The van der Waals surface area contributed by atoms with Crippen molar-refractivity contribution in [2.24, 2.45) is 0 Å². The Morgan fingerprint density at radius 3 is 2.90 bits per heavy atom. The fraction of sp³-hybridized carbons (Fsp3) is 0.381. The Balaban J connectivity index is 1.33. The van der Waals surface area contributed by atoms with Gasteiger partial charge in [0.05, 0.1) is 19.3 Å². The first-order valence-corrected chi connectivity index (χ1v) is 10.9. The summed E-state index contributed by atoms with van der Waals surface area (Å²) in [5.74, 6) is 0.837. The molecule has 5 rings (SSSR count). The molecule has 3 heterocycles. The predicted octanol–water partition coefficient (Wildman–Crippen LogP) is 3.89. The van der Waals surface area contributed by atoms with Crippen LogP contribution in [0.25, 0.3) is 0 Å². The number of benzene rings is 2. The molecule has 3 aromatic rings. The summed E-state index contributed by atoms with van der Waals surface area (Å²) in [7, 11) is 0. The minimum absolute atomic E-state index is 0.141. The topological polar surface area (TPSA) is 71.3 Å². The second kappa shape index (κ2) is 8.71. The minimum atomic E-state index is -0.516. The number of nitrogens with zero attached hydrogens (tertiary/aromatic N) is 4. The molecule has 2 aliphatic heterocycles. The SMILES string of the molecule is Fc1cc2c(c(CSc3nnnn3C[C@H]3CCCO3)c1)O[C@H](c1ccccc1)OC2. The first kappa shape index (κ1) is 19.5. The molecule has 0 unspecified atom stereocenters. The number of halogens is 1. The molecule has 1 aromatic heterocycles. The van der Waals surface area contributed by atoms with E-state index in [9.17, 15) is 4.39 Å². The van der Waals surface area contributed by atoms with E-state index >= 15 is 0 Å². The molecular weight excluding hydrogens is 407 g/mol. The van der Waals surface area contributed by atoms with Gasteiger partial charge in [0.2, 0.25) is 11.4 Å². The molecule has 1 fully saturated rings. The van der Waals surface area contributed by atoms with Crippen molar-refractivity contribution in [1.82, 2.24) is 20.2 Å². The molecule has 0 saturated carbocycles. The summed E-state index contributed by atoms with van der Waals surface area (Å²) in [6.45, 7) is 1.70. The van der Waals surface area contributed by atoms with Crippen LogP contribution in [-0.4, -0.2) is 32.9 Å². The van der Waals surface area contributed by atoms with Gasteiger partial charge in [0.25, 0.3) is 0 Å². The van der Waals surface area contributed by atoms with Crippen molar-refractivity contribution in [1.29, 1.82) is 0 Å². The van der Waals surface area contributed by atoms with E-state index in [1.165, 1.54) is 23.9 Å². The highest BCUT2D eigenvalue weighted by atomic mass is 32.2. The van der Waals surface area contributed by atoms with E-state index in [-0.39, 0.29) is 11.9 Å². The number of aromatic nitrogens is 4. The molecule has 1 saturated heterocycles. The van der Waals surface area contributed by atoms with Crippen molar-refractivity contribution in [3.05, 3.63) is 65.0 Å². The lowest BCUT2D eigenvalue weighted by Gasteiger charge is -2.28. The van der Waals surface area contributed by atoms with Gasteiger partial charge >= 0.3 is 0 Å². The number of thioether (sulfide) groups is 1. The first-order chi connectivity index (χ1) is 14.8. The van der Waals surface area contributed by atoms with Crippen LogP contribution in [0.2, 0.25) is 0 Å². The summed E-state index contributed by atoms with van der Waals surface area (Å²) in [6, 6.07) is 12.7. The van der Waals surface area contributed by atoms with Gasteiger partial charge in [-0.1, -0.05) is 42.1 Å². The Morgan fingerprint density at radius 1 is 1.17 bits per heavy atom. The Morgan fingerprint density at radius 2 is 2.07 bits per heavy atom. The maximum atomic E-state index is 14.2. The first-order valence-electron chi connectivity index (χ1n) is 9.91. The van der Waals surface area contributed by atoms with Crippen LogP contribution >= 0.6 is 11.8 Å². The van der Waals surface area contributed by atoms with Gasteiger partial charge in [-0.15, -0.1) is 5.10 Å². The predicted molar refractivity (Wildman–Crippen MR) is 107 cm³/mol. The van der Waals surface area contributed by atoms with Crippen LogP contribution in [0.4, 0.5) is 4.39 Å². The van der Waals surface area contributed by atoms with Gasteiger partial charge in [0, 0.05) is 29.1 Å². The van der Waals surface area contributed by atoms with Gasteiger partial charge in [0.15, 0.2) is 0 Å². The summed E-state index contributed by atoms with van der Waals surface area (Å²) in [5, 5.41) is 12.7. The van der Waals surface area contributed by atoms with Gasteiger partial charge in [-0.05, 0) is 35.4 Å². The van der Waals surface area contributed by atoms with Crippen molar-refractivity contribution < 1.29 is 18.6 Å². The van der Waals surface area contributed by atoms with Crippen LogP contribution in [0.1, 0.15) is 35.8 Å². The van der Waals surface area contributed by atoms with E-state index < -0.39 is 6.29 Å². The summed E-state index contributed by atoms with van der Waals surface area (Å²) >= 11 is 1.45. The highest BCUT2D eigenvalue weighted by molar-refractivity contribution is 7.98. The lowest BCUT2D eigenvalue weighted by atomic mass is 10.1. The zero-order valence-electron chi connectivity index (χ0n) is 16.2. The molecule has 2 atom stereocenters. The molecule has 0 spiro atoms. The maximum absolute atomic E-state index is 14.2. The van der Waals surface area contributed by atoms with Crippen LogP contribution in [0.5, 0.6) is 5.75 Å². The van der Waals surface area contributed by atoms with E-state index in [0.29, 0.717) is 35.4 Å². The van der Waals surface area contributed by atoms with Crippen molar-refractivity contribution in [2.45, 2.75) is 49.3 Å². The monoisotopic (exact) mass is 428 g/mol. The molecule has 0 amide bonds. The third kappa shape index (κ3) is 4.19. The largest absolute Gasteiger partial charge is 0.460 e. The summed E-state index contributed by atoms with van der Waals surface area (Å²) in [4.78, 5) is 0. The lowest BCUT2D eigenvalue weighted by Crippen LogP contribution is -2.19. The van der Waals surface area contributed by atoms with E-state index in [1.54, 1.807) is 4.68 Å². The Bertz CT molecular complexity index is 1010. The van der Waals surface area contributed by atoms with Gasteiger partial charge in [-0.25, -0.2) is 9.07 Å². The zero-order valence-corrected chi connectivity index (χ0v) is 17.1. The average molecular weight is 428 g/mol. The molecular formula is C21H21FN4O3S. The second-order valence-electron chi connectivity index (χ2n) is 7.29. The minimum Gasteiger partial charge on any atom is -0.460 e. The maximum Gasteiger partial charge on any atom is 0.227 e. The number of rotatable bonds is 6. The van der Waals surface area contributed by atoms with Crippen molar-refractivity contribution >= 4 is 11.8 Å². The number of tetrazole rings is 1. The standard InChI is InChI=1S/C21H21FN4O3S/c22-17-9-15-12-28-20(14-5-2-1-3-6-14)29-19(15)16(10-17)13-30-21-23-24-25-26(21)11-18-7-4-8-27-18/h1-3,5-6,9-10,18,20H,4,7-8,11-13H2/t18-,20-/m1/s1. The quantitative estimate of drug-likeness (QED) is 0.552. The normalized spacial score (nSPS) is 20.7. The molecule has 0 N–H and O–H groups in total. The van der Waals surface area contributed by atoms with E-state index in [2.05, 4.69) is 15.5 Å². The highest BCUT2D eigenvalue weighted by Crippen LogP contribution is 2.38. The Hall–Kier alpha value is -2.49. The number of ether oxygens (including phenoxy) is 3. The molecule has 2 aliphatic rings. The van der Waals surface area contributed by atoms with E-state index in [4.69, 9.17) is 14.2 Å². The smallest absolute Gasteiger partial charge is 0.227 e. The lowest BCUT2D eigenvalue weighted by molar-refractivity contribution is -0.112. The average Bonchev–Trinajstić information content (AvgIpc) is 3.45. The van der Waals surface area contributed by atoms with Crippen LogP contribution in [0.3, 0.4) is 0 Å². The number of hydrogen-bond donors (Lipinski definition) is 0. The van der Waals surface area contributed by atoms with E-state index in [1.807, 2.05) is 30.3 Å². The van der Waals surface area contributed by atoms with Crippen LogP contribution in [0, 0.1) is 5.82 Å². The van der Waals surface area contributed by atoms with Gasteiger partial charge in [0.1, 0.15) is 11.6 Å². The van der Waals surface area contributed by atoms with Crippen LogP contribution < -0.4 is 4.74 Å². The number of hydrogen-bond acceptors (Lipinski definition) is 7. The Labute approximate surface area is 177 Å². The van der Waals surface area contributed by atoms with Gasteiger partial charge < -0.3 is 14.2 Å². The third-order valence-electron chi connectivity index (χ3n) is 5.15. The molecule has 0 radical (unpaired) electrons. The molecule has 9 heteroatoms. The highest BCUT2D eigenvalue weighted by Gasteiger charge is 2.26. The summed E-state index contributed by atoms with van der Waals surface area (Å²) in [6.07, 6.45) is 1.70. The van der Waals surface area contributed by atoms with Gasteiger partial charge in [-0.2, -0.15) is 0 Å². The van der Waals surface area contributed by atoms with Crippen molar-refractivity contribution in [3.63, 3.8) is 0 Å². The fourth-order valence-electron chi connectivity index (χ4n) is 3.70. The zero-order chi connectivity index (χ0) is 20.3. The van der Waals surface area contributed by atoms with Crippen LogP contribution in [0.15, 0.2) is 47.6 Å². The molecule has 2 aromatic carbocycles. The molecule has 0 aliphatic carbocycles. The molecule has 0 bridgehead atoms. The molecule has 7 nitrogen and oxygen atoms in total. The second-order valence-corrected chi connectivity index (χ2v) is 8.23. The van der Waals surface area contributed by atoms with Crippen molar-refractivity contribution in [2.75, 3.05) is 6.61 Å². The van der Waals surface area contributed by atoms with Gasteiger partial charge in [-0.3, -0.25) is 0 Å². The van der Waals surface area contributed by atoms with Crippen LogP contribution in [-0.2, 0) is 28.4 Å². The third-order valence-corrected chi connectivity index (χ3v) is 6.16. The fourth-order valence-corrected chi connectivity index (χ4v) is 4.55. The summed E-state index contributed by atoms with van der Waals surface area (Å²) < 4.78 is 33.6. The molecule has 156 valence electrons.